The summed E-state index contributed by atoms with van der Waals surface area (Å²) in [4.78, 5) is 27.1. The molecule has 9 heteroatoms. The van der Waals surface area contributed by atoms with Crippen LogP contribution in [0.4, 0.5) is 16.3 Å². The summed E-state index contributed by atoms with van der Waals surface area (Å²) in [6, 6.07) is 16.0. The fourth-order valence-corrected chi connectivity index (χ4v) is 3.57. The van der Waals surface area contributed by atoms with Crippen molar-refractivity contribution in [3.05, 3.63) is 69.8 Å². The van der Waals surface area contributed by atoms with E-state index in [1.807, 2.05) is 43.3 Å². The number of hydrogen-bond donors (Lipinski definition) is 2. The Hall–Kier alpha value is -2.84. The predicted molar refractivity (Wildman–Crippen MR) is 136 cm³/mol. The van der Waals surface area contributed by atoms with Gasteiger partial charge in [-0.2, -0.15) is 5.10 Å². The standard InChI is InChI=1S/C24H27BrClN5O2/c1-5-30(23(33)27-19-9-7-6-8-18(19)25)15-22(32)28-21-14-20(24(2,3)4)29-31(21)17-12-10-16(26)11-13-17/h6-14H,5,15H2,1-4H3,(H,27,33)(H,28,32). The molecule has 0 radical (unpaired) electrons. The maximum absolute atomic E-state index is 12.9. The molecule has 3 rings (SSSR count). The molecule has 33 heavy (non-hydrogen) atoms. The molecule has 0 unspecified atom stereocenters. The first-order valence-corrected chi connectivity index (χ1v) is 11.7. The molecule has 0 aliphatic rings. The van der Waals surface area contributed by atoms with Crippen molar-refractivity contribution in [3.63, 3.8) is 0 Å². The topological polar surface area (TPSA) is 79.3 Å². The van der Waals surface area contributed by atoms with Crippen LogP contribution in [0.15, 0.2) is 59.1 Å². The summed E-state index contributed by atoms with van der Waals surface area (Å²) in [6.07, 6.45) is 0. The molecule has 1 heterocycles. The number of urea groups is 1. The van der Waals surface area contributed by atoms with Gasteiger partial charge in [-0.1, -0.05) is 44.5 Å². The number of benzene rings is 2. The number of carbonyl (C=O) groups excluding carboxylic acids is 2. The summed E-state index contributed by atoms with van der Waals surface area (Å²) in [5.41, 5.74) is 2.02. The van der Waals surface area contributed by atoms with E-state index in [0.717, 1.165) is 15.9 Å². The average molecular weight is 533 g/mol. The van der Waals surface area contributed by atoms with Crippen molar-refractivity contribution in [1.82, 2.24) is 14.7 Å². The smallest absolute Gasteiger partial charge is 0.315 e. The zero-order valence-electron chi connectivity index (χ0n) is 19.0. The van der Waals surface area contributed by atoms with Crippen LogP contribution < -0.4 is 10.6 Å². The van der Waals surface area contributed by atoms with Gasteiger partial charge in [0.25, 0.3) is 0 Å². The van der Waals surface area contributed by atoms with Gasteiger partial charge in [-0.05, 0) is 59.3 Å². The summed E-state index contributed by atoms with van der Waals surface area (Å²) in [6.45, 7) is 8.24. The van der Waals surface area contributed by atoms with E-state index in [0.29, 0.717) is 23.1 Å². The Bertz CT molecular complexity index is 1140. The molecular weight excluding hydrogens is 506 g/mol. The van der Waals surface area contributed by atoms with Crippen LogP contribution in [-0.4, -0.2) is 39.7 Å². The third-order valence-electron chi connectivity index (χ3n) is 4.94. The number of amides is 3. The maximum atomic E-state index is 12.9. The molecule has 3 aromatic rings. The Kier molecular flexibility index (Phi) is 7.81. The first kappa shape index (κ1) is 24.8. The van der Waals surface area contributed by atoms with Gasteiger partial charge < -0.3 is 15.5 Å². The molecular formula is C24H27BrClN5O2. The van der Waals surface area contributed by atoms with Gasteiger partial charge in [-0.25, -0.2) is 9.48 Å². The molecule has 0 saturated carbocycles. The quantitative estimate of drug-likeness (QED) is 0.404. The third kappa shape index (κ3) is 6.36. The van der Waals surface area contributed by atoms with Gasteiger partial charge in [0.15, 0.2) is 0 Å². The molecule has 174 valence electrons. The maximum Gasteiger partial charge on any atom is 0.322 e. The lowest BCUT2D eigenvalue weighted by molar-refractivity contribution is -0.116. The normalized spacial score (nSPS) is 11.2. The van der Waals surface area contributed by atoms with Crippen molar-refractivity contribution in [2.75, 3.05) is 23.7 Å². The number of likely N-dealkylation sites (N-methyl/N-ethyl adjacent to an activating group) is 1. The van der Waals surface area contributed by atoms with E-state index < -0.39 is 0 Å². The molecule has 2 aromatic carbocycles. The molecule has 3 amide bonds. The summed E-state index contributed by atoms with van der Waals surface area (Å²) in [7, 11) is 0. The lowest BCUT2D eigenvalue weighted by Gasteiger charge is -2.21. The van der Waals surface area contributed by atoms with Crippen molar-refractivity contribution in [1.29, 1.82) is 0 Å². The number of aromatic nitrogens is 2. The zero-order chi connectivity index (χ0) is 24.2. The van der Waals surface area contributed by atoms with E-state index in [9.17, 15) is 9.59 Å². The predicted octanol–water partition coefficient (Wildman–Crippen LogP) is 6.08. The highest BCUT2D eigenvalue weighted by Crippen LogP contribution is 2.27. The summed E-state index contributed by atoms with van der Waals surface area (Å²) in [5, 5.41) is 11.0. The number of rotatable bonds is 6. The van der Waals surface area contributed by atoms with Crippen molar-refractivity contribution < 1.29 is 9.59 Å². The monoisotopic (exact) mass is 531 g/mol. The second-order valence-electron chi connectivity index (χ2n) is 8.53. The molecule has 7 nitrogen and oxygen atoms in total. The third-order valence-corrected chi connectivity index (χ3v) is 5.88. The summed E-state index contributed by atoms with van der Waals surface area (Å²) in [5.74, 6) is 0.198. The Balaban J connectivity index is 1.78. The lowest BCUT2D eigenvalue weighted by atomic mass is 9.92. The Morgan fingerprint density at radius 3 is 2.36 bits per heavy atom. The van der Waals surface area contributed by atoms with Gasteiger partial charge in [-0.15, -0.1) is 0 Å². The summed E-state index contributed by atoms with van der Waals surface area (Å²) >= 11 is 9.44. The number of nitrogens with zero attached hydrogens (tertiary/aromatic N) is 3. The van der Waals surface area contributed by atoms with Crippen LogP contribution in [0.5, 0.6) is 0 Å². The second kappa shape index (κ2) is 10.4. The minimum Gasteiger partial charge on any atom is -0.315 e. The SMILES string of the molecule is CCN(CC(=O)Nc1cc(C(C)(C)C)nn1-c1ccc(Cl)cc1)C(=O)Nc1ccccc1Br. The van der Waals surface area contributed by atoms with Gasteiger partial charge in [0.2, 0.25) is 5.91 Å². The molecule has 0 fully saturated rings. The van der Waals surface area contributed by atoms with Crippen molar-refractivity contribution >= 4 is 51.0 Å². The summed E-state index contributed by atoms with van der Waals surface area (Å²) < 4.78 is 2.44. The van der Waals surface area contributed by atoms with Crippen LogP contribution in [0.2, 0.25) is 5.02 Å². The van der Waals surface area contributed by atoms with E-state index in [1.54, 1.807) is 22.9 Å². The molecule has 0 saturated heterocycles. The number of anilines is 2. The fraction of sp³-hybridized carbons (Fsp3) is 0.292. The van der Waals surface area contributed by atoms with E-state index in [-0.39, 0.29) is 23.9 Å². The minimum atomic E-state index is -0.360. The highest BCUT2D eigenvalue weighted by atomic mass is 79.9. The van der Waals surface area contributed by atoms with Gasteiger partial charge in [0.1, 0.15) is 12.4 Å². The van der Waals surface area contributed by atoms with Crippen LogP contribution in [0, 0.1) is 0 Å². The molecule has 0 aliphatic carbocycles. The van der Waals surface area contributed by atoms with Gasteiger partial charge in [0, 0.05) is 27.5 Å². The molecule has 0 spiro atoms. The highest BCUT2D eigenvalue weighted by Gasteiger charge is 2.23. The lowest BCUT2D eigenvalue weighted by Crippen LogP contribution is -2.40. The van der Waals surface area contributed by atoms with E-state index >= 15 is 0 Å². The van der Waals surface area contributed by atoms with Crippen LogP contribution in [0.1, 0.15) is 33.4 Å². The number of halogens is 2. The Morgan fingerprint density at radius 2 is 1.76 bits per heavy atom. The van der Waals surface area contributed by atoms with Crippen LogP contribution in [-0.2, 0) is 10.2 Å². The average Bonchev–Trinajstić information content (AvgIpc) is 3.18. The Morgan fingerprint density at radius 1 is 1.09 bits per heavy atom. The molecule has 0 aliphatic heterocycles. The minimum absolute atomic E-state index is 0.108. The fourth-order valence-electron chi connectivity index (χ4n) is 3.06. The van der Waals surface area contributed by atoms with Crippen LogP contribution >= 0.6 is 27.5 Å². The van der Waals surface area contributed by atoms with Crippen molar-refractivity contribution in [2.45, 2.75) is 33.1 Å². The molecule has 0 atom stereocenters. The first-order valence-electron chi connectivity index (χ1n) is 10.5. The van der Waals surface area contributed by atoms with Gasteiger partial charge in [-0.3, -0.25) is 4.79 Å². The molecule has 0 bridgehead atoms. The van der Waals surface area contributed by atoms with Crippen LogP contribution in [0.25, 0.3) is 5.69 Å². The van der Waals surface area contributed by atoms with Gasteiger partial charge in [0.05, 0.1) is 17.1 Å². The number of para-hydroxylation sites is 1. The highest BCUT2D eigenvalue weighted by molar-refractivity contribution is 9.10. The molecule has 2 N–H and O–H groups in total. The van der Waals surface area contributed by atoms with Crippen molar-refractivity contribution in [3.8, 4) is 5.69 Å². The largest absolute Gasteiger partial charge is 0.322 e. The number of carbonyl (C=O) groups is 2. The Labute approximate surface area is 207 Å². The van der Waals surface area contributed by atoms with E-state index in [4.69, 9.17) is 16.7 Å². The van der Waals surface area contributed by atoms with Crippen LogP contribution in [0.3, 0.4) is 0 Å². The number of nitrogens with one attached hydrogen (secondary N) is 2. The molecule has 1 aromatic heterocycles. The zero-order valence-corrected chi connectivity index (χ0v) is 21.4. The first-order chi connectivity index (χ1) is 15.6. The van der Waals surface area contributed by atoms with Crippen molar-refractivity contribution in [2.24, 2.45) is 0 Å². The van der Waals surface area contributed by atoms with E-state index in [2.05, 4.69) is 47.3 Å². The number of hydrogen-bond acceptors (Lipinski definition) is 3. The van der Waals surface area contributed by atoms with E-state index in [1.165, 1.54) is 4.90 Å². The van der Waals surface area contributed by atoms with Gasteiger partial charge >= 0.3 is 6.03 Å². The second-order valence-corrected chi connectivity index (χ2v) is 9.82.